The van der Waals surface area contributed by atoms with Gasteiger partial charge in [0.05, 0.1) is 14.3 Å². The van der Waals surface area contributed by atoms with Gasteiger partial charge < -0.3 is 4.74 Å². The summed E-state index contributed by atoms with van der Waals surface area (Å²) in [6, 6.07) is 0. The van der Waals surface area contributed by atoms with Crippen LogP contribution in [0.25, 0.3) is 0 Å². The minimum absolute atomic E-state index is 0.0704. The maximum absolute atomic E-state index is 11.9. The molecule has 0 unspecified atom stereocenters. The summed E-state index contributed by atoms with van der Waals surface area (Å²) in [4.78, 5) is 10.8. The molecule has 0 aromatic rings. The summed E-state index contributed by atoms with van der Waals surface area (Å²) in [6.45, 7) is 8.30. The lowest BCUT2D eigenvalue weighted by atomic mass is 10.3. The van der Waals surface area contributed by atoms with Crippen LogP contribution in [0.4, 0.5) is 13.2 Å². The molecule has 0 aromatic heterocycles. The third-order valence-corrected chi connectivity index (χ3v) is 2.24. The van der Waals surface area contributed by atoms with Crippen LogP contribution in [0.2, 0.25) is 19.6 Å². The maximum Gasteiger partial charge on any atom is 0.422 e. The zero-order valence-electron chi connectivity index (χ0n) is 8.36. The highest BCUT2D eigenvalue weighted by molar-refractivity contribution is 6.76. The second-order valence-corrected chi connectivity index (χ2v) is 9.52. The van der Waals surface area contributed by atoms with Crippen LogP contribution in [0.3, 0.4) is 0 Å². The van der Waals surface area contributed by atoms with Crippen molar-refractivity contribution >= 4 is 14.0 Å². The van der Waals surface area contributed by atoms with Crippen molar-refractivity contribution < 1.29 is 22.7 Å². The monoisotopic (exact) mass is 226 g/mol. The molecule has 0 saturated heterocycles. The summed E-state index contributed by atoms with van der Waals surface area (Å²) < 4.78 is 40.3. The maximum atomic E-state index is 11.9. The van der Waals surface area contributed by atoms with Gasteiger partial charge in [0.2, 0.25) is 0 Å². The van der Waals surface area contributed by atoms with Gasteiger partial charge in [0.25, 0.3) is 0 Å². The van der Waals surface area contributed by atoms with Gasteiger partial charge in [0, 0.05) is 0 Å². The first-order chi connectivity index (χ1) is 6.04. The van der Waals surface area contributed by atoms with Crippen LogP contribution >= 0.6 is 0 Å². The quantitative estimate of drug-likeness (QED) is 0.420. The molecular weight excluding hydrogens is 213 g/mol. The smallest absolute Gasteiger partial charge is 0.422 e. The molecule has 0 amide bonds. The van der Waals surface area contributed by atoms with Gasteiger partial charge in [-0.05, 0) is 0 Å². The average molecular weight is 226 g/mol. The van der Waals surface area contributed by atoms with Crippen LogP contribution in [-0.2, 0) is 9.53 Å². The number of rotatable bonds is 3. The predicted octanol–water partition coefficient (Wildman–Crippen LogP) is 2.53. The fraction of sp³-hybridized carbons (Fsp3) is 0.625. The van der Waals surface area contributed by atoms with Gasteiger partial charge in [-0.1, -0.05) is 26.2 Å². The van der Waals surface area contributed by atoms with Crippen molar-refractivity contribution in [3.05, 3.63) is 12.2 Å². The van der Waals surface area contributed by atoms with E-state index in [1.165, 1.54) is 0 Å². The summed E-state index contributed by atoms with van der Waals surface area (Å²) in [7, 11) is -1.68. The minimum atomic E-state index is -4.70. The van der Waals surface area contributed by atoms with Gasteiger partial charge in [-0.3, -0.25) is 0 Å². The molecule has 0 heterocycles. The molecule has 0 atom stereocenters. The van der Waals surface area contributed by atoms with Crippen molar-refractivity contribution in [2.75, 3.05) is 6.23 Å². The molecular formula is C8H13F3O2Si. The molecule has 14 heavy (non-hydrogen) atoms. The Morgan fingerprint density at radius 2 is 1.79 bits per heavy atom. The van der Waals surface area contributed by atoms with Gasteiger partial charge in [-0.2, -0.15) is 13.2 Å². The number of halogens is 3. The Labute approximate surface area is 81.8 Å². The summed E-state index contributed by atoms with van der Waals surface area (Å²) >= 11 is 0. The van der Waals surface area contributed by atoms with Crippen LogP contribution < -0.4 is 0 Å². The normalized spacial score (nSPS) is 12.4. The molecule has 0 spiro atoms. The number of hydrogen-bond acceptors (Lipinski definition) is 2. The van der Waals surface area contributed by atoms with E-state index < -0.39 is 25.8 Å². The summed E-state index contributed by atoms with van der Waals surface area (Å²) in [5, 5.41) is 0. The molecule has 2 nitrogen and oxygen atoms in total. The van der Waals surface area contributed by atoms with Crippen molar-refractivity contribution in [2.24, 2.45) is 0 Å². The van der Waals surface area contributed by atoms with E-state index in [1.54, 1.807) is 0 Å². The summed E-state index contributed by atoms with van der Waals surface area (Å²) in [5.41, 5.74) is -1.45. The van der Waals surface area contributed by atoms with Crippen molar-refractivity contribution in [1.29, 1.82) is 0 Å². The van der Waals surface area contributed by atoms with E-state index >= 15 is 0 Å². The standard InChI is InChI=1S/C8H13F3O2Si/c1-6(8(9,10)11)7(12)13-5-14(2,3)4/h1,5H2,2-4H3. The molecule has 0 aliphatic heterocycles. The first-order valence-corrected chi connectivity index (χ1v) is 7.68. The van der Waals surface area contributed by atoms with E-state index in [2.05, 4.69) is 11.3 Å². The Balaban J connectivity index is 4.19. The molecule has 0 aliphatic rings. The molecule has 0 fully saturated rings. The fourth-order valence-corrected chi connectivity index (χ4v) is 1.05. The highest BCUT2D eigenvalue weighted by Gasteiger charge is 2.38. The summed E-state index contributed by atoms with van der Waals surface area (Å²) in [5.74, 6) is -1.38. The molecule has 82 valence electrons. The Morgan fingerprint density at radius 1 is 1.36 bits per heavy atom. The van der Waals surface area contributed by atoms with E-state index in [9.17, 15) is 18.0 Å². The lowest BCUT2D eigenvalue weighted by Gasteiger charge is -2.16. The van der Waals surface area contributed by atoms with Gasteiger partial charge in [0.1, 0.15) is 5.57 Å². The van der Waals surface area contributed by atoms with Crippen molar-refractivity contribution in [1.82, 2.24) is 0 Å². The van der Waals surface area contributed by atoms with E-state index in [1.807, 2.05) is 19.6 Å². The van der Waals surface area contributed by atoms with Gasteiger partial charge in [-0.15, -0.1) is 0 Å². The van der Waals surface area contributed by atoms with Gasteiger partial charge >= 0.3 is 12.1 Å². The number of alkyl halides is 3. The average Bonchev–Trinajstić information content (AvgIpc) is 1.95. The molecule has 0 N–H and O–H groups in total. The number of ether oxygens (including phenoxy) is 1. The predicted molar refractivity (Wildman–Crippen MR) is 49.5 cm³/mol. The van der Waals surface area contributed by atoms with E-state index in [0.717, 1.165) is 0 Å². The van der Waals surface area contributed by atoms with Crippen LogP contribution in [0.15, 0.2) is 12.2 Å². The molecule has 0 rings (SSSR count). The second kappa shape index (κ2) is 4.16. The topological polar surface area (TPSA) is 26.3 Å². The van der Waals surface area contributed by atoms with Gasteiger partial charge in [-0.25, -0.2) is 4.79 Å². The van der Waals surface area contributed by atoms with Crippen molar-refractivity contribution in [3.8, 4) is 0 Å². The Hall–Kier alpha value is -0.783. The third kappa shape index (κ3) is 5.06. The highest BCUT2D eigenvalue weighted by Crippen LogP contribution is 2.24. The molecule has 6 heteroatoms. The van der Waals surface area contributed by atoms with Gasteiger partial charge in [0.15, 0.2) is 0 Å². The zero-order chi connectivity index (χ0) is 11.6. The minimum Gasteiger partial charge on any atom is -0.466 e. The highest BCUT2D eigenvalue weighted by atomic mass is 28.3. The number of carbonyl (C=O) groups is 1. The first kappa shape index (κ1) is 13.2. The fourth-order valence-electron chi connectivity index (χ4n) is 0.485. The lowest BCUT2D eigenvalue weighted by molar-refractivity contribution is -0.149. The summed E-state index contributed by atoms with van der Waals surface area (Å²) in [6.07, 6.45) is -4.63. The van der Waals surface area contributed by atoms with Crippen molar-refractivity contribution in [3.63, 3.8) is 0 Å². The Bertz CT molecular complexity index is 240. The molecule has 0 bridgehead atoms. The van der Waals surface area contributed by atoms with Crippen LogP contribution in [0, 0.1) is 0 Å². The second-order valence-electron chi connectivity index (χ2n) is 4.11. The first-order valence-electron chi connectivity index (χ1n) is 3.97. The zero-order valence-corrected chi connectivity index (χ0v) is 9.36. The number of hydrogen-bond donors (Lipinski definition) is 0. The third-order valence-electron chi connectivity index (χ3n) is 1.22. The lowest BCUT2D eigenvalue weighted by Crippen LogP contribution is -2.32. The Kier molecular flexibility index (Phi) is 3.93. The van der Waals surface area contributed by atoms with E-state index in [0.29, 0.717) is 0 Å². The Morgan fingerprint density at radius 3 is 2.07 bits per heavy atom. The molecule has 0 aromatic carbocycles. The van der Waals surface area contributed by atoms with E-state index in [4.69, 9.17) is 0 Å². The number of carbonyl (C=O) groups excluding carboxylic acids is 1. The van der Waals surface area contributed by atoms with Crippen molar-refractivity contribution in [2.45, 2.75) is 25.8 Å². The molecule has 0 saturated carbocycles. The van der Waals surface area contributed by atoms with Crippen LogP contribution in [-0.4, -0.2) is 26.4 Å². The van der Waals surface area contributed by atoms with E-state index in [-0.39, 0.29) is 6.23 Å². The largest absolute Gasteiger partial charge is 0.466 e. The number of esters is 1. The van der Waals surface area contributed by atoms with Crippen LogP contribution in [0.5, 0.6) is 0 Å². The molecule has 0 radical (unpaired) electrons. The molecule has 0 aliphatic carbocycles. The SMILES string of the molecule is C=C(C(=O)OC[Si](C)(C)C)C(F)(F)F. The van der Waals surface area contributed by atoms with Crippen LogP contribution in [0.1, 0.15) is 0 Å².